The Morgan fingerprint density at radius 3 is 2.65 bits per heavy atom. The fourth-order valence-electron chi connectivity index (χ4n) is 2.08. The van der Waals surface area contributed by atoms with Gasteiger partial charge in [-0.3, -0.25) is 4.68 Å². The fourth-order valence-corrected chi connectivity index (χ4v) is 2.23. The third kappa shape index (κ3) is 1.96. The van der Waals surface area contributed by atoms with E-state index in [1.54, 1.807) is 37.4 Å². The smallest absolute Gasteiger partial charge is 0.194 e. The third-order valence-corrected chi connectivity index (χ3v) is 3.24. The second-order valence-corrected chi connectivity index (χ2v) is 4.69. The molecule has 3 aromatic rings. The van der Waals surface area contributed by atoms with Gasteiger partial charge in [0.15, 0.2) is 11.0 Å². The summed E-state index contributed by atoms with van der Waals surface area (Å²) in [5.41, 5.74) is 7.34. The van der Waals surface area contributed by atoms with Crippen LogP contribution in [0.3, 0.4) is 0 Å². The molecule has 20 heavy (non-hydrogen) atoms. The monoisotopic (exact) mass is 291 g/mol. The normalized spacial score (nSPS) is 10.9. The third-order valence-electron chi connectivity index (χ3n) is 3.04. The maximum atomic E-state index is 14.0. The van der Waals surface area contributed by atoms with Gasteiger partial charge in [0, 0.05) is 12.6 Å². The number of benzene rings is 1. The standard InChI is InChI=1S/C14H11ClFN3O/c1-19-14(17)12(8-4-2-3-5-9(8)16)13(18-19)10-6-7-11(15)20-10/h2-7H,17H2,1H3. The molecule has 102 valence electrons. The molecule has 2 heterocycles. The maximum Gasteiger partial charge on any atom is 0.194 e. The van der Waals surface area contributed by atoms with Crippen molar-refractivity contribution in [3.05, 3.63) is 47.4 Å². The number of halogens is 2. The molecule has 0 bridgehead atoms. The zero-order valence-corrected chi connectivity index (χ0v) is 11.4. The Kier molecular flexibility index (Phi) is 2.99. The summed E-state index contributed by atoms with van der Waals surface area (Å²) in [5, 5.41) is 4.52. The summed E-state index contributed by atoms with van der Waals surface area (Å²) < 4.78 is 20.8. The van der Waals surface area contributed by atoms with Crippen molar-refractivity contribution < 1.29 is 8.81 Å². The Hall–Kier alpha value is -2.27. The highest BCUT2D eigenvalue weighted by Crippen LogP contribution is 2.38. The van der Waals surface area contributed by atoms with Crippen LogP contribution in [0.25, 0.3) is 22.6 Å². The lowest BCUT2D eigenvalue weighted by atomic mass is 10.0. The van der Waals surface area contributed by atoms with E-state index in [0.29, 0.717) is 28.4 Å². The number of anilines is 1. The van der Waals surface area contributed by atoms with E-state index in [1.807, 2.05) is 0 Å². The number of hydrogen-bond donors (Lipinski definition) is 1. The Morgan fingerprint density at radius 2 is 2.00 bits per heavy atom. The minimum Gasteiger partial charge on any atom is -0.443 e. The molecule has 0 spiro atoms. The van der Waals surface area contributed by atoms with Crippen LogP contribution in [0.2, 0.25) is 5.22 Å². The largest absolute Gasteiger partial charge is 0.443 e. The number of furan rings is 1. The van der Waals surface area contributed by atoms with Gasteiger partial charge >= 0.3 is 0 Å². The van der Waals surface area contributed by atoms with Crippen LogP contribution >= 0.6 is 11.6 Å². The molecular formula is C14H11ClFN3O. The van der Waals surface area contributed by atoms with Crippen LogP contribution < -0.4 is 5.73 Å². The minimum absolute atomic E-state index is 0.240. The van der Waals surface area contributed by atoms with Crippen molar-refractivity contribution in [1.29, 1.82) is 0 Å². The lowest BCUT2D eigenvalue weighted by Crippen LogP contribution is -1.98. The number of aryl methyl sites for hydroxylation is 1. The average molecular weight is 292 g/mol. The molecule has 0 aliphatic carbocycles. The first-order valence-electron chi connectivity index (χ1n) is 5.91. The quantitative estimate of drug-likeness (QED) is 0.783. The molecule has 4 nitrogen and oxygen atoms in total. The van der Waals surface area contributed by atoms with Gasteiger partial charge in [-0.05, 0) is 29.8 Å². The topological polar surface area (TPSA) is 57.0 Å². The highest BCUT2D eigenvalue weighted by atomic mass is 35.5. The summed E-state index contributed by atoms with van der Waals surface area (Å²) in [4.78, 5) is 0. The molecule has 0 amide bonds. The number of aromatic nitrogens is 2. The first-order valence-corrected chi connectivity index (χ1v) is 6.29. The van der Waals surface area contributed by atoms with Crippen LogP contribution in [0, 0.1) is 5.82 Å². The van der Waals surface area contributed by atoms with Gasteiger partial charge in [0.25, 0.3) is 0 Å². The van der Waals surface area contributed by atoms with Gasteiger partial charge in [0.1, 0.15) is 17.3 Å². The van der Waals surface area contributed by atoms with E-state index in [2.05, 4.69) is 5.10 Å². The van der Waals surface area contributed by atoms with Crippen molar-refractivity contribution in [2.75, 3.05) is 5.73 Å². The molecule has 0 fully saturated rings. The zero-order chi connectivity index (χ0) is 14.3. The van der Waals surface area contributed by atoms with Crippen LogP contribution in [0.15, 0.2) is 40.8 Å². The van der Waals surface area contributed by atoms with Crippen molar-refractivity contribution in [1.82, 2.24) is 9.78 Å². The van der Waals surface area contributed by atoms with Crippen LogP contribution in [-0.4, -0.2) is 9.78 Å². The highest BCUT2D eigenvalue weighted by molar-refractivity contribution is 6.29. The number of nitrogen functional groups attached to an aromatic ring is 1. The summed E-state index contributed by atoms with van der Waals surface area (Å²) in [6, 6.07) is 9.66. The molecule has 3 rings (SSSR count). The van der Waals surface area contributed by atoms with E-state index in [1.165, 1.54) is 10.7 Å². The molecule has 0 radical (unpaired) electrons. The zero-order valence-electron chi connectivity index (χ0n) is 10.6. The Morgan fingerprint density at radius 1 is 1.25 bits per heavy atom. The number of nitrogens with two attached hydrogens (primary N) is 1. The van der Waals surface area contributed by atoms with Crippen LogP contribution in [0.1, 0.15) is 0 Å². The van der Waals surface area contributed by atoms with Crippen LogP contribution in [0.5, 0.6) is 0 Å². The fraction of sp³-hybridized carbons (Fsp3) is 0.0714. The predicted molar refractivity (Wildman–Crippen MR) is 75.7 cm³/mol. The second kappa shape index (κ2) is 4.68. The van der Waals surface area contributed by atoms with Crippen molar-refractivity contribution in [3.63, 3.8) is 0 Å². The van der Waals surface area contributed by atoms with Gasteiger partial charge in [0.2, 0.25) is 0 Å². The molecule has 1 aromatic carbocycles. The van der Waals surface area contributed by atoms with Gasteiger partial charge in [-0.2, -0.15) is 5.10 Å². The van der Waals surface area contributed by atoms with E-state index in [0.717, 1.165) is 0 Å². The number of nitrogens with zero attached hydrogens (tertiary/aromatic N) is 2. The van der Waals surface area contributed by atoms with Gasteiger partial charge in [-0.25, -0.2) is 4.39 Å². The summed E-state index contributed by atoms with van der Waals surface area (Å²) >= 11 is 5.78. The minimum atomic E-state index is -0.369. The van der Waals surface area contributed by atoms with E-state index in [-0.39, 0.29) is 11.0 Å². The molecular weight excluding hydrogens is 281 g/mol. The molecule has 0 unspecified atom stereocenters. The summed E-state index contributed by atoms with van der Waals surface area (Å²) in [5.74, 6) is 0.435. The van der Waals surface area contributed by atoms with Crippen molar-refractivity contribution in [3.8, 4) is 22.6 Å². The molecule has 0 saturated heterocycles. The van der Waals surface area contributed by atoms with E-state index >= 15 is 0 Å². The Bertz CT molecular complexity index is 779. The molecule has 0 aliphatic heterocycles. The maximum absolute atomic E-state index is 14.0. The van der Waals surface area contributed by atoms with Crippen molar-refractivity contribution in [2.24, 2.45) is 7.05 Å². The first-order chi connectivity index (χ1) is 9.58. The summed E-state index contributed by atoms with van der Waals surface area (Å²) in [7, 11) is 1.69. The number of hydrogen-bond acceptors (Lipinski definition) is 3. The number of rotatable bonds is 2. The summed E-state index contributed by atoms with van der Waals surface area (Å²) in [6.07, 6.45) is 0. The van der Waals surface area contributed by atoms with Crippen LogP contribution in [-0.2, 0) is 7.05 Å². The first kappa shape index (κ1) is 12.7. The van der Waals surface area contributed by atoms with Gasteiger partial charge in [-0.1, -0.05) is 18.2 Å². The van der Waals surface area contributed by atoms with Crippen molar-refractivity contribution >= 4 is 17.4 Å². The van der Waals surface area contributed by atoms with E-state index in [9.17, 15) is 4.39 Å². The Balaban J connectivity index is 2.28. The molecule has 0 saturated carbocycles. The molecule has 0 atom stereocenters. The van der Waals surface area contributed by atoms with Gasteiger partial charge < -0.3 is 10.2 Å². The molecule has 2 aromatic heterocycles. The lowest BCUT2D eigenvalue weighted by Gasteiger charge is -2.04. The molecule has 6 heteroatoms. The lowest BCUT2D eigenvalue weighted by molar-refractivity contribution is 0.580. The molecule has 0 aliphatic rings. The Labute approximate surface area is 119 Å². The SMILES string of the molecule is Cn1nc(-c2ccc(Cl)o2)c(-c2ccccc2F)c1N. The van der Waals surface area contributed by atoms with E-state index in [4.69, 9.17) is 21.8 Å². The van der Waals surface area contributed by atoms with Crippen LogP contribution in [0.4, 0.5) is 10.2 Å². The highest BCUT2D eigenvalue weighted by Gasteiger charge is 2.21. The van der Waals surface area contributed by atoms with Gasteiger partial charge in [-0.15, -0.1) is 0 Å². The summed E-state index contributed by atoms with van der Waals surface area (Å²) in [6.45, 7) is 0. The second-order valence-electron chi connectivity index (χ2n) is 4.32. The van der Waals surface area contributed by atoms with Gasteiger partial charge in [0.05, 0.1) is 5.56 Å². The van der Waals surface area contributed by atoms with E-state index < -0.39 is 0 Å². The predicted octanol–water partition coefficient (Wildman–Crippen LogP) is 3.72. The average Bonchev–Trinajstić information content (AvgIpc) is 2.96. The molecule has 2 N–H and O–H groups in total. The van der Waals surface area contributed by atoms with Crippen molar-refractivity contribution in [2.45, 2.75) is 0 Å².